The maximum Gasteiger partial charge on any atom is 0.298 e. The lowest BCUT2D eigenvalue weighted by molar-refractivity contribution is -0.126. The van der Waals surface area contributed by atoms with Gasteiger partial charge in [-0.3, -0.25) is 14.5 Å². The Morgan fingerprint density at radius 1 is 1.09 bits per heavy atom. The number of aromatic hydroxyl groups is 1. The second kappa shape index (κ2) is 13.7. The predicted molar refractivity (Wildman–Crippen MR) is 170 cm³/mol. The number of carbonyl (C=O) groups is 2. The van der Waals surface area contributed by atoms with Gasteiger partial charge in [0.25, 0.3) is 6.47 Å². The average Bonchev–Trinajstić information content (AvgIpc) is 3.50. The predicted octanol–water partition coefficient (Wildman–Crippen LogP) is 8.40. The Hall–Kier alpha value is -4.77. The number of nitrogens with zero attached hydrogens (tertiary/aromatic N) is 1. The Labute approximate surface area is 268 Å². The fraction of sp³-hybridized carbons (Fsp3) is 0.257. The Bertz CT molecular complexity index is 1770. The van der Waals surface area contributed by atoms with Crippen LogP contribution >= 0.6 is 11.3 Å². The molecule has 1 aromatic heterocycles. The summed E-state index contributed by atoms with van der Waals surface area (Å²) in [4.78, 5) is 27.5. The number of benzene rings is 3. The number of allylic oxidation sites excluding steroid dienone is 1. The Morgan fingerprint density at radius 2 is 1.89 bits per heavy atom. The van der Waals surface area contributed by atoms with Crippen molar-refractivity contribution in [2.45, 2.75) is 52.7 Å². The highest BCUT2D eigenvalue weighted by Gasteiger charge is 2.40. The minimum Gasteiger partial charge on any atom is -0.506 e. The number of hydrogen-bond donors (Lipinski definition) is 2. The van der Waals surface area contributed by atoms with E-state index in [9.17, 15) is 23.5 Å². The van der Waals surface area contributed by atoms with Crippen LogP contribution in [0, 0.1) is 22.9 Å². The largest absolute Gasteiger partial charge is 0.506 e. The smallest absolute Gasteiger partial charge is 0.298 e. The molecular formula is C35H33F3N2O5S. The fourth-order valence-electron chi connectivity index (χ4n) is 5.25. The van der Waals surface area contributed by atoms with Crippen molar-refractivity contribution in [3.05, 3.63) is 117 Å². The van der Waals surface area contributed by atoms with E-state index in [0.717, 1.165) is 17.7 Å². The molecule has 1 atom stereocenters. The van der Waals surface area contributed by atoms with Crippen molar-refractivity contribution in [2.75, 3.05) is 10.2 Å². The normalized spacial score (nSPS) is 14.7. The van der Waals surface area contributed by atoms with E-state index in [4.69, 9.17) is 9.47 Å². The molecule has 7 nitrogen and oxygen atoms in total. The monoisotopic (exact) mass is 650 g/mol. The Kier molecular flexibility index (Phi) is 9.71. The van der Waals surface area contributed by atoms with Gasteiger partial charge in [-0.05, 0) is 70.1 Å². The first kappa shape index (κ1) is 32.6. The second-order valence-electron chi connectivity index (χ2n) is 11.7. The van der Waals surface area contributed by atoms with Gasteiger partial charge in [-0.25, -0.2) is 13.2 Å². The number of carbonyl (C=O) groups excluding carboxylic acids is 2. The Balaban J connectivity index is 1.70. The molecule has 11 heteroatoms. The summed E-state index contributed by atoms with van der Waals surface area (Å²) in [7, 11) is 0. The number of anilines is 2. The number of thiophene rings is 1. The number of phenols is 1. The summed E-state index contributed by atoms with van der Waals surface area (Å²) in [5.74, 6) is -3.30. The molecule has 1 aliphatic heterocycles. The van der Waals surface area contributed by atoms with E-state index in [1.165, 1.54) is 46.6 Å². The van der Waals surface area contributed by atoms with Crippen LogP contribution in [0.4, 0.5) is 24.5 Å². The first-order valence-corrected chi connectivity index (χ1v) is 15.6. The van der Waals surface area contributed by atoms with E-state index in [1.807, 2.05) is 37.6 Å². The van der Waals surface area contributed by atoms with Crippen molar-refractivity contribution < 1.29 is 37.3 Å². The third-order valence-corrected chi connectivity index (χ3v) is 8.76. The molecule has 0 aliphatic carbocycles. The molecule has 240 valence electrons. The first-order valence-electron chi connectivity index (χ1n) is 14.6. The quantitative estimate of drug-likeness (QED) is 0.125. The minimum absolute atomic E-state index is 0.0440. The van der Waals surface area contributed by atoms with Gasteiger partial charge in [0, 0.05) is 17.7 Å². The number of halogens is 3. The number of rotatable bonds is 11. The maximum absolute atomic E-state index is 16.3. The summed E-state index contributed by atoms with van der Waals surface area (Å²) < 4.78 is 56.1. The molecule has 3 aromatic carbocycles. The molecule has 0 saturated carbocycles. The van der Waals surface area contributed by atoms with Crippen LogP contribution < -0.4 is 15.0 Å². The van der Waals surface area contributed by atoms with Crippen LogP contribution in [0.15, 0.2) is 82.9 Å². The van der Waals surface area contributed by atoms with Crippen LogP contribution in [0.1, 0.15) is 56.3 Å². The zero-order chi connectivity index (χ0) is 33.0. The lowest BCUT2D eigenvalue weighted by Crippen LogP contribution is -2.38. The summed E-state index contributed by atoms with van der Waals surface area (Å²) in [6, 6.07) is 12.0. The van der Waals surface area contributed by atoms with Crippen LogP contribution in [-0.2, 0) is 27.4 Å². The zero-order valence-electron chi connectivity index (χ0n) is 25.5. The van der Waals surface area contributed by atoms with Gasteiger partial charge in [-0.2, -0.15) is 11.3 Å². The standard InChI is InChI=1S/C35H33F3N2O5S/c1-4-35(2,3)17-28-34(45-20-41)33(25-11-10-24(16-27(25)38)44-18-21-12-13-46-19-21)40(29-6-5-7-30(42)32(29)39-28)31(43)14-22-8-9-23(36)15-26(22)37/h5-13,15-16,19-20,33,39,42H,4,14,17-18H2,1-3H3. The number of fused-ring (bicyclic) bond motifs is 1. The number of amides is 1. The number of ether oxygens (including phenoxy) is 2. The number of nitrogens with one attached hydrogen (secondary N) is 1. The molecule has 4 aromatic rings. The van der Waals surface area contributed by atoms with Crippen molar-refractivity contribution in [1.29, 1.82) is 0 Å². The topological polar surface area (TPSA) is 88.1 Å². The highest BCUT2D eigenvalue weighted by atomic mass is 32.1. The second-order valence-corrected chi connectivity index (χ2v) is 12.5. The minimum atomic E-state index is -1.38. The van der Waals surface area contributed by atoms with E-state index < -0.39 is 35.8 Å². The molecule has 46 heavy (non-hydrogen) atoms. The third kappa shape index (κ3) is 7.04. The average molecular weight is 651 g/mol. The van der Waals surface area contributed by atoms with Crippen molar-refractivity contribution in [1.82, 2.24) is 0 Å². The van der Waals surface area contributed by atoms with Gasteiger partial charge in [-0.1, -0.05) is 39.3 Å². The zero-order valence-corrected chi connectivity index (χ0v) is 26.3. The maximum atomic E-state index is 16.3. The first-order chi connectivity index (χ1) is 22.0. The summed E-state index contributed by atoms with van der Waals surface area (Å²) in [6.07, 6.45) is 0.447. The molecule has 0 radical (unpaired) electrons. The molecule has 0 spiro atoms. The van der Waals surface area contributed by atoms with E-state index in [-0.39, 0.29) is 64.7 Å². The lowest BCUT2D eigenvalue weighted by atomic mass is 9.84. The van der Waals surface area contributed by atoms with Crippen molar-refractivity contribution >= 4 is 35.1 Å². The molecular weight excluding hydrogens is 617 g/mol. The van der Waals surface area contributed by atoms with Crippen molar-refractivity contribution in [3.63, 3.8) is 0 Å². The van der Waals surface area contributed by atoms with Gasteiger partial charge in [0.05, 0.1) is 17.8 Å². The molecule has 2 N–H and O–H groups in total. The SMILES string of the molecule is CCC(C)(C)CC1=C(OC=O)C(c2ccc(OCc3ccsc3)cc2F)N(C(=O)Cc2ccc(F)cc2F)c2cccc(O)c2N1. The molecule has 0 bridgehead atoms. The molecule has 1 aliphatic rings. The fourth-order valence-corrected chi connectivity index (χ4v) is 5.90. The van der Waals surface area contributed by atoms with Gasteiger partial charge in [-0.15, -0.1) is 0 Å². The summed E-state index contributed by atoms with van der Waals surface area (Å²) in [6.45, 7) is 6.38. The summed E-state index contributed by atoms with van der Waals surface area (Å²) >= 11 is 1.51. The summed E-state index contributed by atoms with van der Waals surface area (Å²) in [5, 5.41) is 18.0. The van der Waals surface area contributed by atoms with E-state index >= 15 is 4.39 Å². The van der Waals surface area contributed by atoms with Gasteiger partial charge in [0.2, 0.25) is 5.91 Å². The molecule has 1 amide bonds. The molecule has 0 saturated heterocycles. The van der Waals surface area contributed by atoms with Crippen LogP contribution in [0.25, 0.3) is 0 Å². The number of phenolic OH excluding ortho intramolecular Hbond substituents is 1. The van der Waals surface area contributed by atoms with Crippen LogP contribution in [0.2, 0.25) is 0 Å². The number of para-hydroxylation sites is 1. The van der Waals surface area contributed by atoms with E-state index in [1.54, 1.807) is 6.07 Å². The molecule has 2 heterocycles. The third-order valence-electron chi connectivity index (χ3n) is 8.02. The number of hydrogen-bond acceptors (Lipinski definition) is 7. The van der Waals surface area contributed by atoms with Gasteiger partial charge in [0.15, 0.2) is 5.76 Å². The van der Waals surface area contributed by atoms with Gasteiger partial charge < -0.3 is 19.9 Å². The van der Waals surface area contributed by atoms with Crippen LogP contribution in [0.3, 0.4) is 0 Å². The Morgan fingerprint density at radius 3 is 2.57 bits per heavy atom. The van der Waals surface area contributed by atoms with E-state index in [2.05, 4.69) is 5.32 Å². The van der Waals surface area contributed by atoms with Crippen LogP contribution in [-0.4, -0.2) is 17.5 Å². The molecule has 5 rings (SSSR count). The highest BCUT2D eigenvalue weighted by molar-refractivity contribution is 7.07. The van der Waals surface area contributed by atoms with Gasteiger partial charge >= 0.3 is 0 Å². The summed E-state index contributed by atoms with van der Waals surface area (Å²) in [5.41, 5.74) is 0.997. The van der Waals surface area contributed by atoms with E-state index in [0.29, 0.717) is 18.2 Å². The van der Waals surface area contributed by atoms with Gasteiger partial charge in [0.1, 0.15) is 47.3 Å². The van der Waals surface area contributed by atoms with Crippen molar-refractivity contribution in [2.24, 2.45) is 5.41 Å². The van der Waals surface area contributed by atoms with Crippen LogP contribution in [0.5, 0.6) is 11.5 Å². The molecule has 0 fully saturated rings. The lowest BCUT2D eigenvalue weighted by Gasteiger charge is -2.33. The molecule has 1 unspecified atom stereocenters. The van der Waals surface area contributed by atoms with Crippen molar-refractivity contribution in [3.8, 4) is 11.5 Å². The highest BCUT2D eigenvalue weighted by Crippen LogP contribution is 2.48.